The fraction of sp³-hybridized carbons (Fsp3) is 0.667. The lowest BCUT2D eigenvalue weighted by atomic mass is 10.2. The lowest BCUT2D eigenvalue weighted by molar-refractivity contribution is 0.0805. The normalized spacial score (nSPS) is 10.9. The first-order valence-electron chi connectivity index (χ1n) is 5.85. The molecular formula is C12H19ClN2O2. The number of rotatable bonds is 7. The highest BCUT2D eigenvalue weighted by Gasteiger charge is 2.02. The van der Waals surface area contributed by atoms with E-state index in [-0.39, 0.29) is 0 Å². The Labute approximate surface area is 107 Å². The highest BCUT2D eigenvalue weighted by Crippen LogP contribution is 2.13. The molecule has 4 nitrogen and oxygen atoms in total. The minimum absolute atomic E-state index is 0.412. The van der Waals surface area contributed by atoms with Crippen molar-refractivity contribution in [3.8, 4) is 5.88 Å². The molecule has 17 heavy (non-hydrogen) atoms. The minimum Gasteiger partial charge on any atom is -0.475 e. The van der Waals surface area contributed by atoms with Crippen molar-refractivity contribution in [1.82, 2.24) is 9.97 Å². The zero-order valence-corrected chi connectivity index (χ0v) is 11.3. The molecule has 0 aliphatic carbocycles. The lowest BCUT2D eigenvalue weighted by Gasteiger charge is -2.08. The van der Waals surface area contributed by atoms with Crippen LogP contribution in [0.15, 0.2) is 6.07 Å². The molecule has 0 bridgehead atoms. The fourth-order valence-electron chi connectivity index (χ4n) is 1.20. The van der Waals surface area contributed by atoms with Crippen LogP contribution in [-0.4, -0.2) is 29.8 Å². The van der Waals surface area contributed by atoms with Gasteiger partial charge in [0.05, 0.1) is 6.61 Å². The van der Waals surface area contributed by atoms with E-state index in [2.05, 4.69) is 23.8 Å². The van der Waals surface area contributed by atoms with Crippen LogP contribution < -0.4 is 4.74 Å². The lowest BCUT2D eigenvalue weighted by Crippen LogP contribution is -2.11. The second kappa shape index (κ2) is 7.45. The van der Waals surface area contributed by atoms with Crippen LogP contribution in [0.5, 0.6) is 5.88 Å². The van der Waals surface area contributed by atoms with Crippen LogP contribution in [0.1, 0.15) is 26.6 Å². The first-order valence-corrected chi connectivity index (χ1v) is 6.23. The van der Waals surface area contributed by atoms with Crippen molar-refractivity contribution in [2.24, 2.45) is 5.92 Å². The van der Waals surface area contributed by atoms with Crippen LogP contribution in [-0.2, 0) is 11.2 Å². The minimum atomic E-state index is 0.412. The van der Waals surface area contributed by atoms with Gasteiger partial charge in [0.1, 0.15) is 17.6 Å². The van der Waals surface area contributed by atoms with Gasteiger partial charge in [0.15, 0.2) is 0 Å². The van der Waals surface area contributed by atoms with Crippen LogP contribution in [0, 0.1) is 5.92 Å². The molecule has 0 aliphatic rings. The van der Waals surface area contributed by atoms with Crippen molar-refractivity contribution >= 4 is 11.6 Å². The van der Waals surface area contributed by atoms with E-state index in [4.69, 9.17) is 21.1 Å². The zero-order valence-electron chi connectivity index (χ0n) is 10.6. The molecule has 0 fully saturated rings. The first-order chi connectivity index (χ1) is 8.11. The number of aryl methyl sites for hydroxylation is 1. The van der Waals surface area contributed by atoms with Crippen LogP contribution in [0.2, 0.25) is 5.15 Å². The topological polar surface area (TPSA) is 44.2 Å². The van der Waals surface area contributed by atoms with Crippen molar-refractivity contribution in [3.63, 3.8) is 0 Å². The molecule has 0 amide bonds. The van der Waals surface area contributed by atoms with E-state index in [0.29, 0.717) is 36.0 Å². The van der Waals surface area contributed by atoms with E-state index >= 15 is 0 Å². The van der Waals surface area contributed by atoms with E-state index in [0.717, 1.165) is 13.0 Å². The third-order valence-electron chi connectivity index (χ3n) is 1.96. The van der Waals surface area contributed by atoms with Crippen molar-refractivity contribution in [2.75, 3.05) is 19.8 Å². The van der Waals surface area contributed by atoms with E-state index in [1.54, 1.807) is 6.07 Å². The predicted molar refractivity (Wildman–Crippen MR) is 67.6 cm³/mol. The Balaban J connectivity index is 2.33. The Morgan fingerprint density at radius 3 is 2.71 bits per heavy atom. The van der Waals surface area contributed by atoms with E-state index in [1.807, 2.05) is 6.92 Å². The van der Waals surface area contributed by atoms with Crippen LogP contribution >= 0.6 is 11.6 Å². The Morgan fingerprint density at radius 2 is 2.06 bits per heavy atom. The number of hydrogen-bond acceptors (Lipinski definition) is 4. The highest BCUT2D eigenvalue weighted by atomic mass is 35.5. The number of aromatic nitrogens is 2. The zero-order chi connectivity index (χ0) is 12.7. The standard InChI is InChI=1S/C12H19ClN2O2/c1-4-11-14-10(13)7-12(15-11)17-6-5-16-8-9(2)3/h7,9H,4-6,8H2,1-3H3. The smallest absolute Gasteiger partial charge is 0.218 e. The third-order valence-corrected chi connectivity index (χ3v) is 2.16. The summed E-state index contributed by atoms with van der Waals surface area (Å²) in [6.07, 6.45) is 0.737. The van der Waals surface area contributed by atoms with E-state index in [9.17, 15) is 0 Å². The molecule has 0 N–H and O–H groups in total. The molecule has 0 spiro atoms. The molecule has 1 heterocycles. The summed E-state index contributed by atoms with van der Waals surface area (Å²) in [4.78, 5) is 8.27. The Bertz CT molecular complexity index is 345. The van der Waals surface area contributed by atoms with Crippen molar-refractivity contribution in [1.29, 1.82) is 0 Å². The molecule has 5 heteroatoms. The third kappa shape index (κ3) is 5.84. The molecule has 0 aromatic carbocycles. The average Bonchev–Trinajstić information content (AvgIpc) is 2.27. The number of hydrogen-bond donors (Lipinski definition) is 0. The molecule has 0 aliphatic heterocycles. The molecule has 0 saturated carbocycles. The highest BCUT2D eigenvalue weighted by molar-refractivity contribution is 6.29. The quantitative estimate of drug-likeness (QED) is 0.557. The second-order valence-electron chi connectivity index (χ2n) is 4.12. The maximum atomic E-state index is 5.85. The summed E-state index contributed by atoms with van der Waals surface area (Å²) >= 11 is 5.85. The predicted octanol–water partition coefficient (Wildman–Crippen LogP) is 2.74. The number of ether oxygens (including phenoxy) is 2. The Kier molecular flexibility index (Phi) is 6.22. The van der Waals surface area contributed by atoms with Crippen molar-refractivity contribution in [3.05, 3.63) is 17.0 Å². The van der Waals surface area contributed by atoms with Gasteiger partial charge in [-0.25, -0.2) is 4.98 Å². The first kappa shape index (κ1) is 14.2. The van der Waals surface area contributed by atoms with Crippen LogP contribution in [0.25, 0.3) is 0 Å². The molecule has 96 valence electrons. The molecular weight excluding hydrogens is 240 g/mol. The van der Waals surface area contributed by atoms with E-state index in [1.165, 1.54) is 0 Å². The summed E-state index contributed by atoms with van der Waals surface area (Å²) in [7, 11) is 0. The summed E-state index contributed by atoms with van der Waals surface area (Å²) < 4.78 is 10.9. The van der Waals surface area contributed by atoms with Gasteiger partial charge < -0.3 is 9.47 Å². The maximum absolute atomic E-state index is 5.85. The summed E-state index contributed by atoms with van der Waals surface area (Å²) in [5.74, 6) is 1.74. The van der Waals surface area contributed by atoms with Gasteiger partial charge in [-0.3, -0.25) is 0 Å². The molecule has 0 atom stereocenters. The molecule has 1 rings (SSSR count). The van der Waals surface area contributed by atoms with Gasteiger partial charge in [0, 0.05) is 19.1 Å². The SMILES string of the molecule is CCc1nc(Cl)cc(OCCOCC(C)C)n1. The maximum Gasteiger partial charge on any atom is 0.218 e. The largest absolute Gasteiger partial charge is 0.475 e. The van der Waals surface area contributed by atoms with Gasteiger partial charge in [0.2, 0.25) is 5.88 Å². The van der Waals surface area contributed by atoms with Gasteiger partial charge >= 0.3 is 0 Å². The molecule has 0 unspecified atom stereocenters. The molecule has 0 saturated heterocycles. The molecule has 1 aromatic heterocycles. The summed E-state index contributed by atoms with van der Waals surface area (Å²) in [6, 6.07) is 1.61. The fourth-order valence-corrected chi connectivity index (χ4v) is 1.39. The van der Waals surface area contributed by atoms with Gasteiger partial charge in [-0.2, -0.15) is 4.98 Å². The average molecular weight is 259 g/mol. The van der Waals surface area contributed by atoms with Gasteiger partial charge in [-0.05, 0) is 5.92 Å². The Morgan fingerprint density at radius 1 is 1.29 bits per heavy atom. The van der Waals surface area contributed by atoms with E-state index < -0.39 is 0 Å². The van der Waals surface area contributed by atoms with Gasteiger partial charge in [-0.1, -0.05) is 32.4 Å². The summed E-state index contributed by atoms with van der Waals surface area (Å²) in [5.41, 5.74) is 0. The molecule has 1 aromatic rings. The van der Waals surface area contributed by atoms with Crippen LogP contribution in [0.4, 0.5) is 0 Å². The monoisotopic (exact) mass is 258 g/mol. The van der Waals surface area contributed by atoms with Crippen LogP contribution in [0.3, 0.4) is 0 Å². The van der Waals surface area contributed by atoms with Crippen molar-refractivity contribution in [2.45, 2.75) is 27.2 Å². The van der Waals surface area contributed by atoms with Gasteiger partial charge in [0.25, 0.3) is 0 Å². The second-order valence-corrected chi connectivity index (χ2v) is 4.50. The molecule has 0 radical (unpaired) electrons. The number of halogens is 1. The summed E-state index contributed by atoms with van der Waals surface area (Å²) in [5, 5.41) is 0.412. The van der Waals surface area contributed by atoms with Gasteiger partial charge in [-0.15, -0.1) is 0 Å². The Hall–Kier alpha value is -0.870. The number of nitrogens with zero attached hydrogens (tertiary/aromatic N) is 2. The summed E-state index contributed by atoms with van der Waals surface area (Å²) in [6.45, 7) is 7.97. The van der Waals surface area contributed by atoms with Crippen molar-refractivity contribution < 1.29 is 9.47 Å².